The number of benzene rings is 8. The third-order valence-corrected chi connectivity index (χ3v) is 10.5. The van der Waals surface area contributed by atoms with Crippen LogP contribution in [0.15, 0.2) is 188 Å². The third kappa shape index (κ3) is 4.94. The van der Waals surface area contributed by atoms with Crippen LogP contribution < -0.4 is 4.90 Å². The quantitative estimate of drug-likeness (QED) is 0.175. The molecule has 0 unspecified atom stereocenters. The van der Waals surface area contributed by atoms with Gasteiger partial charge in [0.1, 0.15) is 0 Å². The van der Waals surface area contributed by atoms with Crippen LogP contribution in [0.4, 0.5) is 17.1 Å². The molecule has 9 rings (SSSR count). The van der Waals surface area contributed by atoms with Crippen LogP contribution >= 0.6 is 0 Å². The van der Waals surface area contributed by atoms with E-state index < -0.39 is 0 Å². The van der Waals surface area contributed by atoms with Crippen molar-refractivity contribution in [1.29, 1.82) is 0 Å². The Morgan fingerprint density at radius 2 is 0.880 bits per heavy atom. The summed E-state index contributed by atoms with van der Waals surface area (Å²) in [7, 11) is 0. The Balaban J connectivity index is 1.22. The fourth-order valence-corrected chi connectivity index (χ4v) is 8.00. The molecule has 0 N–H and O–H groups in total. The Kier molecular flexibility index (Phi) is 7.21. The minimum absolute atomic E-state index is 0.0682. The smallest absolute Gasteiger partial charge is 0.0540 e. The van der Waals surface area contributed by atoms with Gasteiger partial charge in [-0.3, -0.25) is 0 Å². The molecule has 0 radical (unpaired) electrons. The molecule has 0 amide bonds. The van der Waals surface area contributed by atoms with Gasteiger partial charge in [0.25, 0.3) is 0 Å². The number of fused-ring (bicyclic) bond motifs is 4. The average Bonchev–Trinajstić information content (AvgIpc) is 3.42. The van der Waals surface area contributed by atoms with Crippen molar-refractivity contribution in [2.45, 2.75) is 19.3 Å². The van der Waals surface area contributed by atoms with Crippen molar-refractivity contribution in [2.75, 3.05) is 4.90 Å². The molecular weight excluding hydrogens is 603 g/mol. The number of para-hydroxylation sites is 1. The molecule has 0 aliphatic heterocycles. The topological polar surface area (TPSA) is 3.24 Å². The molecule has 238 valence electrons. The van der Waals surface area contributed by atoms with Crippen LogP contribution in [0, 0.1) is 0 Å². The SMILES string of the molecule is CC1(C)c2ccccc2-c2c(-c3ccccc3N(c3ccc(-c4ccccc4)cc3)c3ccc(-c4cccc5ccccc45)cc3)cccc21. The van der Waals surface area contributed by atoms with E-state index >= 15 is 0 Å². The molecule has 1 aliphatic rings. The highest BCUT2D eigenvalue weighted by molar-refractivity contribution is 5.99. The second-order valence-corrected chi connectivity index (χ2v) is 13.7. The molecule has 0 saturated heterocycles. The minimum atomic E-state index is -0.0682. The first-order valence-electron chi connectivity index (χ1n) is 17.4. The van der Waals surface area contributed by atoms with E-state index in [1.165, 1.54) is 66.4 Å². The highest BCUT2D eigenvalue weighted by atomic mass is 15.1. The van der Waals surface area contributed by atoms with Crippen molar-refractivity contribution < 1.29 is 0 Å². The summed E-state index contributed by atoms with van der Waals surface area (Å²) in [6.07, 6.45) is 0. The van der Waals surface area contributed by atoms with Gasteiger partial charge in [-0.05, 0) is 91.2 Å². The van der Waals surface area contributed by atoms with E-state index in [1.807, 2.05) is 0 Å². The van der Waals surface area contributed by atoms with Crippen molar-refractivity contribution in [1.82, 2.24) is 0 Å². The average molecular weight is 640 g/mol. The summed E-state index contributed by atoms with van der Waals surface area (Å²) >= 11 is 0. The lowest BCUT2D eigenvalue weighted by Gasteiger charge is -2.29. The summed E-state index contributed by atoms with van der Waals surface area (Å²) in [6, 6.07) is 68.5. The van der Waals surface area contributed by atoms with Gasteiger partial charge in [-0.15, -0.1) is 0 Å². The van der Waals surface area contributed by atoms with Gasteiger partial charge in [0, 0.05) is 22.4 Å². The van der Waals surface area contributed by atoms with E-state index in [4.69, 9.17) is 0 Å². The molecule has 0 heterocycles. The Labute approximate surface area is 294 Å². The molecule has 0 atom stereocenters. The van der Waals surface area contributed by atoms with Crippen molar-refractivity contribution in [3.05, 3.63) is 199 Å². The Morgan fingerprint density at radius 3 is 1.66 bits per heavy atom. The van der Waals surface area contributed by atoms with Crippen molar-refractivity contribution in [2.24, 2.45) is 0 Å². The van der Waals surface area contributed by atoms with E-state index in [0.29, 0.717) is 0 Å². The molecular formula is C49H37N. The zero-order chi connectivity index (χ0) is 33.7. The molecule has 0 spiro atoms. The Hall–Kier alpha value is -6.18. The highest BCUT2D eigenvalue weighted by Crippen LogP contribution is 2.53. The fourth-order valence-electron chi connectivity index (χ4n) is 8.00. The van der Waals surface area contributed by atoms with Gasteiger partial charge in [0.05, 0.1) is 5.69 Å². The monoisotopic (exact) mass is 639 g/mol. The number of anilines is 3. The van der Waals surface area contributed by atoms with Crippen LogP contribution in [0.5, 0.6) is 0 Å². The van der Waals surface area contributed by atoms with E-state index in [-0.39, 0.29) is 5.41 Å². The van der Waals surface area contributed by atoms with Crippen LogP contribution in [-0.4, -0.2) is 0 Å². The van der Waals surface area contributed by atoms with Crippen LogP contribution in [0.2, 0.25) is 0 Å². The molecule has 1 aliphatic carbocycles. The van der Waals surface area contributed by atoms with E-state index in [2.05, 4.69) is 207 Å². The van der Waals surface area contributed by atoms with Gasteiger partial charge < -0.3 is 4.90 Å². The molecule has 50 heavy (non-hydrogen) atoms. The molecule has 8 aromatic carbocycles. The summed E-state index contributed by atoms with van der Waals surface area (Å²) in [5.41, 5.74) is 16.1. The predicted octanol–water partition coefficient (Wildman–Crippen LogP) is 13.6. The Morgan fingerprint density at radius 1 is 0.360 bits per heavy atom. The second-order valence-electron chi connectivity index (χ2n) is 13.7. The van der Waals surface area contributed by atoms with Gasteiger partial charge in [-0.2, -0.15) is 0 Å². The molecule has 0 fully saturated rings. The van der Waals surface area contributed by atoms with Gasteiger partial charge in [0.15, 0.2) is 0 Å². The van der Waals surface area contributed by atoms with Gasteiger partial charge in [0.2, 0.25) is 0 Å². The first-order valence-corrected chi connectivity index (χ1v) is 17.4. The van der Waals surface area contributed by atoms with Gasteiger partial charge >= 0.3 is 0 Å². The molecule has 8 aromatic rings. The van der Waals surface area contributed by atoms with Crippen molar-refractivity contribution >= 4 is 27.8 Å². The number of rotatable bonds is 6. The zero-order valence-electron chi connectivity index (χ0n) is 28.3. The normalized spacial score (nSPS) is 12.8. The molecule has 0 saturated carbocycles. The van der Waals surface area contributed by atoms with E-state index in [9.17, 15) is 0 Å². The molecule has 1 nitrogen and oxygen atoms in total. The van der Waals surface area contributed by atoms with Crippen LogP contribution in [0.3, 0.4) is 0 Å². The summed E-state index contributed by atoms with van der Waals surface area (Å²) in [5.74, 6) is 0. The lowest BCUT2D eigenvalue weighted by atomic mass is 9.82. The first-order chi connectivity index (χ1) is 24.6. The lowest BCUT2D eigenvalue weighted by molar-refractivity contribution is 0.660. The van der Waals surface area contributed by atoms with Crippen LogP contribution in [0.1, 0.15) is 25.0 Å². The number of hydrogen-bond donors (Lipinski definition) is 0. The zero-order valence-corrected chi connectivity index (χ0v) is 28.3. The predicted molar refractivity (Wildman–Crippen MR) is 213 cm³/mol. The highest BCUT2D eigenvalue weighted by Gasteiger charge is 2.37. The standard InChI is InChI=1S/C49H37N/c1-49(2)45-23-10-8-20-44(45)48-43(22-13-24-46(48)49)42-19-9-11-25-47(42)50(38-30-26-35(27-31-38)34-14-4-3-5-15-34)39-32-28-37(29-33-39)41-21-12-17-36-16-6-7-18-40(36)41/h3-33H,1-2H3. The van der Waals surface area contributed by atoms with Crippen molar-refractivity contribution in [3.8, 4) is 44.5 Å². The summed E-state index contributed by atoms with van der Waals surface area (Å²) < 4.78 is 0. The summed E-state index contributed by atoms with van der Waals surface area (Å²) in [5, 5.41) is 2.52. The largest absolute Gasteiger partial charge is 0.310 e. The Bertz CT molecular complexity index is 2480. The van der Waals surface area contributed by atoms with Crippen LogP contribution in [0.25, 0.3) is 55.3 Å². The summed E-state index contributed by atoms with van der Waals surface area (Å²) in [4.78, 5) is 2.42. The number of nitrogens with zero attached hydrogens (tertiary/aromatic N) is 1. The third-order valence-electron chi connectivity index (χ3n) is 10.5. The second kappa shape index (κ2) is 12.1. The maximum absolute atomic E-state index is 2.42. The van der Waals surface area contributed by atoms with Crippen molar-refractivity contribution in [3.63, 3.8) is 0 Å². The molecule has 0 aromatic heterocycles. The fraction of sp³-hybridized carbons (Fsp3) is 0.0612. The van der Waals surface area contributed by atoms with E-state index in [1.54, 1.807) is 0 Å². The molecule has 1 heteroatoms. The summed E-state index contributed by atoms with van der Waals surface area (Å²) in [6.45, 7) is 4.71. The van der Waals surface area contributed by atoms with Gasteiger partial charge in [-0.1, -0.05) is 172 Å². The van der Waals surface area contributed by atoms with Crippen LogP contribution in [-0.2, 0) is 5.41 Å². The number of hydrogen-bond acceptors (Lipinski definition) is 1. The maximum atomic E-state index is 2.42. The maximum Gasteiger partial charge on any atom is 0.0540 e. The minimum Gasteiger partial charge on any atom is -0.310 e. The van der Waals surface area contributed by atoms with E-state index in [0.717, 1.165) is 17.1 Å². The first kappa shape index (κ1) is 29.9. The lowest BCUT2D eigenvalue weighted by Crippen LogP contribution is -2.14. The van der Waals surface area contributed by atoms with Gasteiger partial charge in [-0.25, -0.2) is 0 Å². The molecule has 0 bridgehead atoms.